The molecule has 1 saturated heterocycles. The average molecular weight is 389 g/mol. The van der Waals surface area contributed by atoms with Crippen LogP contribution in [-0.2, 0) is 19.1 Å². The first kappa shape index (κ1) is 21.4. The monoisotopic (exact) mass is 389 g/mol. The highest BCUT2D eigenvalue weighted by Gasteiger charge is 2.33. The number of esters is 1. The van der Waals surface area contributed by atoms with Gasteiger partial charge in [-0.1, -0.05) is 26.0 Å². The molecule has 28 heavy (non-hydrogen) atoms. The average Bonchev–Trinajstić information content (AvgIpc) is 2.88. The van der Waals surface area contributed by atoms with Crippen molar-refractivity contribution in [1.29, 1.82) is 0 Å². The summed E-state index contributed by atoms with van der Waals surface area (Å²) in [6, 6.07) is 7.13. The summed E-state index contributed by atoms with van der Waals surface area (Å²) in [6.07, 6.45) is -0.644. The zero-order chi connectivity index (χ0) is 20.8. The highest BCUT2D eigenvalue weighted by molar-refractivity contribution is 6.01. The van der Waals surface area contributed by atoms with Crippen LogP contribution in [-0.4, -0.2) is 59.9 Å². The van der Waals surface area contributed by atoms with Gasteiger partial charge in [-0.25, -0.2) is 4.79 Å². The third-order valence-electron chi connectivity index (χ3n) is 4.52. The maximum Gasteiger partial charge on any atom is 0.326 e. The molecule has 1 aromatic rings. The predicted octanol–water partition coefficient (Wildman–Crippen LogP) is 2.35. The van der Waals surface area contributed by atoms with E-state index in [2.05, 4.69) is 19.2 Å². The minimum atomic E-state index is -0.946. The van der Waals surface area contributed by atoms with Gasteiger partial charge in [-0.15, -0.1) is 0 Å². The first-order valence-electron chi connectivity index (χ1n) is 9.34. The van der Waals surface area contributed by atoms with Gasteiger partial charge in [0.1, 0.15) is 6.54 Å². The molecule has 0 spiro atoms. The molecule has 1 N–H and O–H groups in total. The normalized spacial score (nSPS) is 15.2. The van der Waals surface area contributed by atoms with Crippen LogP contribution in [0.1, 0.15) is 45.1 Å². The Labute approximate surface area is 164 Å². The number of urea groups is 1. The van der Waals surface area contributed by atoms with E-state index in [1.807, 2.05) is 24.3 Å². The lowest BCUT2D eigenvalue weighted by atomic mass is 10.0. The third-order valence-corrected chi connectivity index (χ3v) is 4.52. The summed E-state index contributed by atoms with van der Waals surface area (Å²) in [5.74, 6) is -0.851. The number of rotatable bonds is 8. The topological polar surface area (TPSA) is 96.0 Å². The maximum absolute atomic E-state index is 12.2. The summed E-state index contributed by atoms with van der Waals surface area (Å²) in [5, 5.41) is 2.71. The van der Waals surface area contributed by atoms with E-state index in [1.165, 1.54) is 17.4 Å². The summed E-state index contributed by atoms with van der Waals surface area (Å²) < 4.78 is 5.14. The summed E-state index contributed by atoms with van der Waals surface area (Å²) in [6.45, 7) is 5.88. The van der Waals surface area contributed by atoms with Crippen LogP contribution in [0.15, 0.2) is 24.3 Å². The number of carbonyl (C=O) groups excluding carboxylic acids is 4. The SMILES string of the molecule is CC(C)c1ccc(NC(=O)[C@H](C)OC(=O)CCCN2C(=O)CN(C)C2=O)cc1. The zero-order valence-corrected chi connectivity index (χ0v) is 16.7. The van der Waals surface area contributed by atoms with Crippen molar-refractivity contribution in [1.82, 2.24) is 9.80 Å². The van der Waals surface area contributed by atoms with Crippen molar-refractivity contribution in [3.63, 3.8) is 0 Å². The van der Waals surface area contributed by atoms with Crippen LogP contribution in [0.5, 0.6) is 0 Å². The van der Waals surface area contributed by atoms with E-state index in [0.29, 0.717) is 11.6 Å². The number of amides is 4. The second-order valence-corrected chi connectivity index (χ2v) is 7.19. The Hall–Kier alpha value is -2.90. The molecule has 2 rings (SSSR count). The van der Waals surface area contributed by atoms with Gasteiger partial charge >= 0.3 is 12.0 Å². The van der Waals surface area contributed by atoms with E-state index in [0.717, 1.165) is 4.90 Å². The largest absolute Gasteiger partial charge is 0.453 e. The maximum atomic E-state index is 12.2. The van der Waals surface area contributed by atoms with Crippen molar-refractivity contribution in [3.8, 4) is 0 Å². The number of anilines is 1. The zero-order valence-electron chi connectivity index (χ0n) is 16.7. The van der Waals surface area contributed by atoms with Crippen LogP contribution >= 0.6 is 0 Å². The summed E-state index contributed by atoms with van der Waals surface area (Å²) >= 11 is 0. The standard InChI is InChI=1S/C20H27N3O5/c1-13(2)15-7-9-16(10-8-15)21-19(26)14(3)28-18(25)6-5-11-23-17(24)12-22(4)20(23)27/h7-10,13-14H,5-6,11-12H2,1-4H3,(H,21,26)/t14-/m0/s1. The van der Waals surface area contributed by atoms with E-state index in [9.17, 15) is 19.2 Å². The Morgan fingerprint density at radius 1 is 1.14 bits per heavy atom. The fraction of sp³-hybridized carbons (Fsp3) is 0.500. The smallest absolute Gasteiger partial charge is 0.326 e. The minimum Gasteiger partial charge on any atom is -0.453 e. The molecule has 4 amide bonds. The molecule has 0 radical (unpaired) electrons. The molecular weight excluding hydrogens is 362 g/mol. The van der Waals surface area contributed by atoms with Crippen molar-refractivity contribution in [2.24, 2.45) is 0 Å². The summed E-state index contributed by atoms with van der Waals surface area (Å²) in [4.78, 5) is 50.0. The summed E-state index contributed by atoms with van der Waals surface area (Å²) in [5.41, 5.74) is 1.80. The quantitative estimate of drug-likeness (QED) is 0.544. The molecule has 1 aliphatic heterocycles. The Morgan fingerprint density at radius 3 is 2.32 bits per heavy atom. The fourth-order valence-corrected chi connectivity index (χ4v) is 2.78. The van der Waals surface area contributed by atoms with Crippen molar-refractivity contribution >= 4 is 29.5 Å². The number of benzene rings is 1. The molecule has 1 fully saturated rings. The van der Waals surface area contributed by atoms with Gasteiger partial charge in [-0.2, -0.15) is 0 Å². The molecule has 0 saturated carbocycles. The number of carbonyl (C=O) groups is 4. The van der Waals surface area contributed by atoms with Gasteiger partial charge in [0.2, 0.25) is 5.91 Å². The van der Waals surface area contributed by atoms with E-state index < -0.39 is 18.0 Å². The van der Waals surface area contributed by atoms with Crippen molar-refractivity contribution < 1.29 is 23.9 Å². The first-order chi connectivity index (χ1) is 13.2. The van der Waals surface area contributed by atoms with Crippen LogP contribution in [0, 0.1) is 0 Å². The van der Waals surface area contributed by atoms with E-state index in [4.69, 9.17) is 4.74 Å². The lowest BCUT2D eigenvalue weighted by Crippen LogP contribution is -2.33. The van der Waals surface area contributed by atoms with Gasteiger partial charge in [0, 0.05) is 25.7 Å². The molecule has 0 bridgehead atoms. The van der Waals surface area contributed by atoms with E-state index >= 15 is 0 Å². The molecule has 0 aliphatic carbocycles. The highest BCUT2D eigenvalue weighted by atomic mass is 16.5. The van der Waals surface area contributed by atoms with Gasteiger partial charge in [-0.3, -0.25) is 19.3 Å². The molecule has 1 heterocycles. The van der Waals surface area contributed by atoms with Crippen LogP contribution in [0.4, 0.5) is 10.5 Å². The summed E-state index contributed by atoms with van der Waals surface area (Å²) in [7, 11) is 1.55. The predicted molar refractivity (Wildman–Crippen MR) is 104 cm³/mol. The lowest BCUT2D eigenvalue weighted by molar-refractivity contribution is -0.153. The number of likely N-dealkylation sites (N-methyl/N-ethyl adjacent to an activating group) is 1. The Balaban J connectivity index is 1.74. The van der Waals surface area contributed by atoms with Crippen LogP contribution in [0.3, 0.4) is 0 Å². The number of ether oxygens (including phenoxy) is 1. The molecule has 1 atom stereocenters. The van der Waals surface area contributed by atoms with Crippen molar-refractivity contribution in [3.05, 3.63) is 29.8 Å². The Kier molecular flexibility index (Phi) is 7.14. The van der Waals surface area contributed by atoms with Gasteiger partial charge in [-0.05, 0) is 37.0 Å². The molecule has 1 aliphatic rings. The van der Waals surface area contributed by atoms with Crippen LogP contribution in [0.2, 0.25) is 0 Å². The minimum absolute atomic E-state index is 0.0154. The molecule has 0 aromatic heterocycles. The van der Waals surface area contributed by atoms with Crippen LogP contribution in [0.25, 0.3) is 0 Å². The van der Waals surface area contributed by atoms with Gasteiger partial charge in [0.05, 0.1) is 0 Å². The molecule has 0 unspecified atom stereocenters. The third kappa shape index (κ3) is 5.55. The van der Waals surface area contributed by atoms with Gasteiger partial charge in [0.15, 0.2) is 6.10 Å². The second-order valence-electron chi connectivity index (χ2n) is 7.19. The van der Waals surface area contributed by atoms with E-state index in [1.54, 1.807) is 7.05 Å². The first-order valence-corrected chi connectivity index (χ1v) is 9.34. The molecule has 8 nitrogen and oxygen atoms in total. The van der Waals surface area contributed by atoms with Gasteiger partial charge < -0.3 is 15.0 Å². The van der Waals surface area contributed by atoms with E-state index in [-0.39, 0.29) is 37.9 Å². The lowest BCUT2D eigenvalue weighted by Gasteiger charge is -2.15. The Morgan fingerprint density at radius 2 is 1.79 bits per heavy atom. The van der Waals surface area contributed by atoms with Gasteiger partial charge in [0.25, 0.3) is 5.91 Å². The molecule has 1 aromatic carbocycles. The number of hydrogen-bond donors (Lipinski definition) is 1. The highest BCUT2D eigenvalue weighted by Crippen LogP contribution is 2.17. The molecule has 152 valence electrons. The molecule has 8 heteroatoms. The van der Waals surface area contributed by atoms with Crippen LogP contribution < -0.4 is 5.32 Å². The fourth-order valence-electron chi connectivity index (χ4n) is 2.78. The number of imide groups is 1. The van der Waals surface area contributed by atoms with Crippen molar-refractivity contribution in [2.75, 3.05) is 25.5 Å². The Bertz CT molecular complexity index is 745. The molecular formula is C20H27N3O5. The second kappa shape index (κ2) is 9.34. The number of hydrogen-bond acceptors (Lipinski definition) is 5. The number of nitrogens with one attached hydrogen (secondary N) is 1. The van der Waals surface area contributed by atoms with Crippen molar-refractivity contribution in [2.45, 2.75) is 45.6 Å². The number of nitrogens with zero attached hydrogens (tertiary/aromatic N) is 2.